The smallest absolute Gasteiger partial charge is 0.306 e. The predicted octanol–water partition coefficient (Wildman–Crippen LogP) is 4.95. The van der Waals surface area contributed by atoms with Crippen molar-refractivity contribution < 1.29 is 25.7 Å². The number of aliphatic carboxylic acids is 1. The van der Waals surface area contributed by atoms with Crippen LogP contribution in [0, 0.1) is 0 Å². The van der Waals surface area contributed by atoms with Crippen molar-refractivity contribution in [3.8, 4) is 0 Å². The molecule has 5 heteroatoms. The van der Waals surface area contributed by atoms with Crippen molar-refractivity contribution in [1.82, 2.24) is 0 Å². The first-order valence-corrected chi connectivity index (χ1v) is 11.2. The lowest BCUT2D eigenvalue weighted by Gasteiger charge is -2.33. The van der Waals surface area contributed by atoms with Crippen LogP contribution in [-0.2, 0) is 9.59 Å². The third-order valence-corrected chi connectivity index (χ3v) is 5.10. The average molecular weight is 402 g/mol. The minimum Gasteiger partial charge on any atom is -0.481 e. The number of ketones is 1. The molecule has 0 aliphatic rings. The number of hydrogen-bond donors (Lipinski definition) is 2. The quantitative estimate of drug-likeness (QED) is 0.237. The molecule has 166 valence electrons. The van der Waals surface area contributed by atoms with E-state index in [0.717, 1.165) is 25.7 Å². The Bertz CT molecular complexity index is 451. The van der Waals surface area contributed by atoms with Crippen LogP contribution in [0.5, 0.6) is 0 Å². The van der Waals surface area contributed by atoms with Crippen LogP contribution in [-0.4, -0.2) is 59.7 Å². The van der Waals surface area contributed by atoms with Gasteiger partial charge in [0.2, 0.25) is 0 Å². The van der Waals surface area contributed by atoms with E-state index in [9.17, 15) is 14.7 Å². The van der Waals surface area contributed by atoms with E-state index in [2.05, 4.69) is 0 Å². The molecule has 0 aromatic heterocycles. The largest absolute Gasteiger partial charge is 0.481 e. The molecule has 0 saturated carbocycles. The van der Waals surface area contributed by atoms with Crippen LogP contribution in [0.15, 0.2) is 0 Å². The highest BCUT2D eigenvalue weighted by atomic mass is 16.4. The van der Waals surface area contributed by atoms with Gasteiger partial charge in [-0.25, -0.2) is 0 Å². The van der Waals surface area contributed by atoms with Gasteiger partial charge in [0.05, 0.1) is 27.6 Å². The van der Waals surface area contributed by atoms with Crippen LogP contribution in [0.3, 0.4) is 0 Å². The van der Waals surface area contributed by atoms with Crippen molar-refractivity contribution >= 4 is 11.8 Å². The van der Waals surface area contributed by atoms with Gasteiger partial charge in [0.25, 0.3) is 0 Å². The van der Waals surface area contributed by atoms with E-state index in [-0.39, 0.29) is 18.7 Å². The Kier molecular flexibility index (Phi) is 13.4. The maximum absolute atomic E-state index is 12.5. The second-order valence-electron chi connectivity index (χ2n) is 9.32. The van der Waals surface area contributed by atoms with Gasteiger partial charge < -0.3 is 14.7 Å². The number of unbranched alkanes of at least 4 members (excludes halogenated alkanes) is 12. The van der Waals surface area contributed by atoms with Gasteiger partial charge in [-0.1, -0.05) is 83.9 Å². The normalized spacial score (nSPS) is 14.5. The third-order valence-electron chi connectivity index (χ3n) is 5.10. The molecule has 0 saturated heterocycles. The second-order valence-corrected chi connectivity index (χ2v) is 9.32. The van der Waals surface area contributed by atoms with Crippen molar-refractivity contribution in [3.05, 3.63) is 0 Å². The molecule has 0 bridgehead atoms. The Morgan fingerprint density at radius 3 is 1.64 bits per heavy atom. The van der Waals surface area contributed by atoms with Crippen molar-refractivity contribution in [2.24, 2.45) is 0 Å². The number of quaternary nitrogens is 1. The van der Waals surface area contributed by atoms with E-state index >= 15 is 0 Å². The lowest BCUT2D eigenvalue weighted by Crippen LogP contribution is -2.54. The zero-order valence-electron chi connectivity index (χ0n) is 19.7. The molecule has 0 spiro atoms. The number of aliphatic hydroxyl groups is 1. The molecule has 0 aliphatic heterocycles. The van der Waals surface area contributed by atoms with Crippen molar-refractivity contribution in [1.29, 1.82) is 0 Å². The number of carboxylic acid groups (broad SMARTS) is 1. The third kappa shape index (κ3) is 15.0. The van der Waals surface area contributed by atoms with Crippen molar-refractivity contribution in [3.63, 3.8) is 0 Å². The molecule has 0 amide bonds. The molecule has 0 aromatic carbocycles. The molecule has 0 radical (unpaired) electrons. The summed E-state index contributed by atoms with van der Waals surface area (Å²) in [4.78, 5) is 23.5. The summed E-state index contributed by atoms with van der Waals surface area (Å²) in [6, 6.07) is 0. The molecule has 0 aromatic rings. The van der Waals surface area contributed by atoms with E-state index in [1.165, 1.54) is 57.8 Å². The Labute approximate surface area is 174 Å². The van der Waals surface area contributed by atoms with Gasteiger partial charge in [-0.3, -0.25) is 9.59 Å². The number of rotatable bonds is 19. The monoisotopic (exact) mass is 401 g/mol. The van der Waals surface area contributed by atoms with E-state index in [4.69, 9.17) is 6.48 Å². The van der Waals surface area contributed by atoms with Crippen LogP contribution in [0.1, 0.15) is 105 Å². The fraction of sp³-hybridized carbons (Fsp3) is 0.913. The molecule has 2 N–H and O–H groups in total. The van der Waals surface area contributed by atoms with Gasteiger partial charge >= 0.3 is 5.97 Å². The maximum atomic E-state index is 12.5. The summed E-state index contributed by atoms with van der Waals surface area (Å²) in [5.41, 5.74) is -1.77. The first kappa shape index (κ1) is 25.1. The lowest BCUT2D eigenvalue weighted by molar-refractivity contribution is -0.875. The van der Waals surface area contributed by atoms with E-state index in [1.807, 2.05) is 21.1 Å². The molecule has 1 atom stereocenters. The SMILES string of the molecule is [2H]CCCCCCCCCCCCCCCC(=O)[C@@](O)(CC(=O)O)C[N+](C)(C)C. The fourth-order valence-electron chi connectivity index (χ4n) is 3.74. The Hall–Kier alpha value is -0.940. The fourth-order valence-corrected chi connectivity index (χ4v) is 3.74. The number of likely N-dealkylation sites (N-methyl/N-ethyl adjacent to an activating group) is 1. The zero-order valence-corrected chi connectivity index (χ0v) is 18.7. The van der Waals surface area contributed by atoms with Gasteiger partial charge in [0.1, 0.15) is 6.54 Å². The van der Waals surface area contributed by atoms with Gasteiger partial charge in [0, 0.05) is 7.79 Å². The van der Waals surface area contributed by atoms with Crippen LogP contribution in [0.2, 0.25) is 0 Å². The summed E-state index contributed by atoms with van der Waals surface area (Å²) in [5, 5.41) is 19.7. The molecule has 28 heavy (non-hydrogen) atoms. The van der Waals surface area contributed by atoms with E-state index in [1.54, 1.807) is 0 Å². The first-order valence-electron chi connectivity index (χ1n) is 11.9. The van der Waals surface area contributed by atoms with Crippen LogP contribution in [0.25, 0.3) is 0 Å². The topological polar surface area (TPSA) is 74.6 Å². The number of carbonyl (C=O) groups excluding carboxylic acids is 1. The van der Waals surface area contributed by atoms with Gasteiger partial charge in [-0.05, 0) is 6.42 Å². The van der Waals surface area contributed by atoms with Gasteiger partial charge in [0.15, 0.2) is 11.4 Å². The highest BCUT2D eigenvalue weighted by Gasteiger charge is 2.42. The standard InChI is InChI=1S/C23H45NO4/c1-5-6-7-8-9-10-11-12-13-14-15-16-17-18-21(25)23(28,19-22(26)27)20-24(2,3)4/h28H,5-20H2,1-4H3/p+1/t23-/m1/s1/i1D. The minimum atomic E-state index is -1.77. The highest BCUT2D eigenvalue weighted by Crippen LogP contribution is 2.20. The predicted molar refractivity (Wildman–Crippen MR) is 115 cm³/mol. The number of nitrogens with zero attached hydrogens (tertiary/aromatic N) is 1. The molecule has 0 unspecified atom stereocenters. The summed E-state index contributed by atoms with van der Waals surface area (Å²) in [5.74, 6) is -1.47. The average Bonchev–Trinajstić information content (AvgIpc) is 2.59. The van der Waals surface area contributed by atoms with Gasteiger partial charge in [-0.15, -0.1) is 0 Å². The first-order chi connectivity index (χ1) is 13.6. The van der Waals surface area contributed by atoms with Gasteiger partial charge in [-0.2, -0.15) is 0 Å². The van der Waals surface area contributed by atoms with E-state index < -0.39 is 18.0 Å². The van der Waals surface area contributed by atoms with E-state index in [0.29, 0.717) is 11.4 Å². The molecule has 0 fully saturated rings. The lowest BCUT2D eigenvalue weighted by atomic mass is 9.89. The summed E-state index contributed by atoms with van der Waals surface area (Å²) < 4.78 is 7.46. The molecular weight excluding hydrogens is 354 g/mol. The zero-order chi connectivity index (χ0) is 22.2. The van der Waals surface area contributed by atoms with Crippen molar-refractivity contribution in [2.75, 3.05) is 27.7 Å². The van der Waals surface area contributed by atoms with Crippen LogP contribution >= 0.6 is 0 Å². The summed E-state index contributed by atoms with van der Waals surface area (Å²) in [6.45, 7) is 0.677. The Balaban J connectivity index is 3.79. The van der Waals surface area contributed by atoms with Crippen molar-refractivity contribution in [2.45, 2.75) is 109 Å². The number of hydrogen-bond acceptors (Lipinski definition) is 3. The molecule has 0 heterocycles. The molecule has 0 rings (SSSR count). The second kappa shape index (κ2) is 15.0. The summed E-state index contributed by atoms with van der Waals surface area (Å²) in [6.07, 6.45) is 14.9. The Morgan fingerprint density at radius 2 is 1.25 bits per heavy atom. The molecule has 0 aliphatic carbocycles. The minimum absolute atomic E-state index is 0.113. The summed E-state index contributed by atoms with van der Waals surface area (Å²) >= 11 is 0. The summed E-state index contributed by atoms with van der Waals surface area (Å²) in [7, 11) is 5.54. The number of carbonyl (C=O) groups is 2. The molecule has 5 nitrogen and oxygen atoms in total. The highest BCUT2D eigenvalue weighted by molar-refractivity contribution is 5.90. The number of Topliss-reactive ketones (excluding diaryl/α,β-unsaturated/α-hetero) is 1. The Morgan fingerprint density at radius 1 is 0.821 bits per heavy atom. The van der Waals surface area contributed by atoms with Crippen LogP contribution < -0.4 is 0 Å². The maximum Gasteiger partial charge on any atom is 0.306 e. The van der Waals surface area contributed by atoms with Crippen LogP contribution in [0.4, 0.5) is 0 Å². The number of carboxylic acids is 1. The molecular formula is C23H46NO4+.